The van der Waals surface area contributed by atoms with E-state index in [2.05, 4.69) is 82.5 Å². The van der Waals surface area contributed by atoms with Crippen LogP contribution >= 0.6 is 0 Å². The minimum absolute atomic E-state index is 0.0331. The van der Waals surface area contributed by atoms with Crippen molar-refractivity contribution < 1.29 is 29.1 Å². The Bertz CT molecular complexity index is 3350. The van der Waals surface area contributed by atoms with Gasteiger partial charge in [0.2, 0.25) is 11.8 Å². The van der Waals surface area contributed by atoms with Crippen LogP contribution in [0.15, 0.2) is 71.9 Å². The fourth-order valence-electron chi connectivity index (χ4n) is 14.2. The third kappa shape index (κ3) is 8.71. The number of amides is 5. The smallest absolute Gasteiger partial charge is 0.276 e. The maximum Gasteiger partial charge on any atom is 0.276 e. The molecule has 5 aliphatic heterocycles. The SMILES string of the molecule is CC1CC2(CCN1c1ccc3c(c1)C(=O)N(C1CCC(=O)NC1=O)C3=O)CC(N1CCN(c3ccc(Nc4cc(-c5ccnc(N6CCn7c(cc8c7CC(C)(C)C8)C6=O)c5CO)cn(C)c4=O)nc3)[C@@H](C(C)(C)C)C1)C2. The summed E-state index contributed by atoms with van der Waals surface area (Å²) in [6.07, 6.45) is 11.7. The number of pyridine rings is 3. The van der Waals surface area contributed by atoms with Gasteiger partial charge in [-0.15, -0.1) is 0 Å². The van der Waals surface area contributed by atoms with E-state index >= 15 is 0 Å². The van der Waals surface area contributed by atoms with E-state index in [1.807, 2.05) is 36.5 Å². The number of piperazine rings is 1. The molecule has 1 aromatic carbocycles. The van der Waals surface area contributed by atoms with Gasteiger partial charge in [0.15, 0.2) is 0 Å². The number of carbonyl (C=O) groups excluding carboxylic acids is 5. The molecule has 77 heavy (non-hydrogen) atoms. The molecule has 5 aromatic rings. The number of nitrogens with one attached hydrogen (secondary N) is 2. The molecule has 7 aliphatic rings. The summed E-state index contributed by atoms with van der Waals surface area (Å²) in [5.41, 5.74) is 8.03. The summed E-state index contributed by atoms with van der Waals surface area (Å²) in [5, 5.41) is 16.4. The average molecular weight is 1040 g/mol. The molecule has 5 amide bonds. The third-order valence-electron chi connectivity index (χ3n) is 18.1. The Labute approximate surface area is 448 Å². The van der Waals surface area contributed by atoms with E-state index in [-0.39, 0.29) is 59.2 Å². The lowest BCUT2D eigenvalue weighted by molar-refractivity contribution is -0.136. The van der Waals surface area contributed by atoms with Crippen LogP contribution in [0.2, 0.25) is 0 Å². The number of piperidine rings is 2. The summed E-state index contributed by atoms with van der Waals surface area (Å²) in [6.45, 7) is 18.0. The molecule has 3 atom stereocenters. The number of hydrogen-bond donors (Lipinski definition) is 3. The monoisotopic (exact) mass is 1040 g/mol. The number of rotatable bonds is 9. The van der Waals surface area contributed by atoms with Crippen LogP contribution < -0.4 is 30.9 Å². The van der Waals surface area contributed by atoms with Gasteiger partial charge < -0.3 is 29.4 Å². The van der Waals surface area contributed by atoms with Crippen molar-refractivity contribution in [1.82, 2.24) is 34.2 Å². The van der Waals surface area contributed by atoms with Crippen molar-refractivity contribution in [1.29, 1.82) is 0 Å². The van der Waals surface area contributed by atoms with Crippen molar-refractivity contribution in [3.63, 3.8) is 0 Å². The second kappa shape index (κ2) is 18.5. The van der Waals surface area contributed by atoms with Crippen molar-refractivity contribution >= 4 is 58.2 Å². The second-order valence-electron chi connectivity index (χ2n) is 24.8. The summed E-state index contributed by atoms with van der Waals surface area (Å²) >= 11 is 0. The highest BCUT2D eigenvalue weighted by atomic mass is 16.3. The lowest BCUT2D eigenvalue weighted by Gasteiger charge is -2.59. The zero-order valence-electron chi connectivity index (χ0n) is 45.2. The zero-order chi connectivity index (χ0) is 54.0. The maximum atomic E-state index is 14.1. The van der Waals surface area contributed by atoms with Crippen LogP contribution in [0.4, 0.5) is 28.7 Å². The number of imide groups is 2. The fourth-order valence-corrected chi connectivity index (χ4v) is 14.2. The van der Waals surface area contributed by atoms with Crippen LogP contribution in [-0.2, 0) is 42.6 Å². The lowest BCUT2D eigenvalue weighted by atomic mass is 9.58. The predicted octanol–water partition coefficient (Wildman–Crippen LogP) is 6.44. The molecule has 12 rings (SSSR count). The summed E-state index contributed by atoms with van der Waals surface area (Å²) < 4.78 is 3.68. The Morgan fingerprint density at radius 1 is 0.818 bits per heavy atom. The minimum Gasteiger partial charge on any atom is -0.392 e. The second-order valence-corrected chi connectivity index (χ2v) is 24.8. The van der Waals surface area contributed by atoms with Crippen molar-refractivity contribution in [3.8, 4) is 11.1 Å². The van der Waals surface area contributed by atoms with E-state index in [1.165, 1.54) is 15.8 Å². The molecule has 3 N–H and O–H groups in total. The Morgan fingerprint density at radius 2 is 1.60 bits per heavy atom. The van der Waals surface area contributed by atoms with E-state index in [0.717, 1.165) is 81.0 Å². The molecule has 2 unspecified atom stereocenters. The summed E-state index contributed by atoms with van der Waals surface area (Å²) in [4.78, 5) is 98.9. The average Bonchev–Trinajstić information content (AvgIpc) is 4.14. The highest BCUT2D eigenvalue weighted by Gasteiger charge is 2.52. The number of anilines is 5. The molecule has 3 saturated heterocycles. The molecule has 1 spiro atoms. The van der Waals surface area contributed by atoms with Crippen molar-refractivity contribution in [2.24, 2.45) is 23.3 Å². The standard InChI is InChI=1S/C59H69N11O7/c1-34-25-59(15-17-66(34)37-8-10-41-42(24-37)54(75)70(53(41)74)45-11-13-50(72)63-52(45)73)27-39(28-59)65-18-19-67(48(32-65)57(2,3)4)38-9-12-49(61-30-38)62-44-22-36(31-64(7)55(44)76)40-14-16-60-51(43(40)33-71)69-21-20-68-46(56(69)77)23-35-26-58(5,6)29-47(35)68/h8-10,12,14,16,22-24,30-31,34,39,45,48,71H,11,13,15,17-21,25-29,32-33H2,1-7H3,(H,61,62)(H,63,72,73)/t34?,39?,45?,48-,59?/m1/s1. The number of aryl methyl sites for hydroxylation is 1. The topological polar surface area (TPSA) is 199 Å². The normalized spacial score (nSPS) is 25.3. The molecule has 0 bridgehead atoms. The maximum absolute atomic E-state index is 14.1. The van der Waals surface area contributed by atoms with Gasteiger partial charge in [-0.1, -0.05) is 34.6 Å². The van der Waals surface area contributed by atoms with E-state index in [4.69, 9.17) is 4.98 Å². The number of aliphatic hydroxyl groups is 1. The molecule has 18 heteroatoms. The third-order valence-corrected chi connectivity index (χ3v) is 18.1. The number of benzene rings is 1. The highest BCUT2D eigenvalue weighted by molar-refractivity contribution is 6.23. The number of aromatic nitrogens is 4. The first-order chi connectivity index (χ1) is 36.7. The molecule has 402 valence electrons. The molecule has 1 saturated carbocycles. The lowest BCUT2D eigenvalue weighted by Crippen LogP contribution is -2.64. The minimum atomic E-state index is -0.990. The Balaban J connectivity index is 0.688. The van der Waals surface area contributed by atoms with Crippen LogP contribution in [0.3, 0.4) is 0 Å². The van der Waals surface area contributed by atoms with Gasteiger partial charge in [-0.05, 0) is 128 Å². The number of nitrogens with zero attached hydrogens (tertiary/aromatic N) is 9. The van der Waals surface area contributed by atoms with E-state index in [1.54, 1.807) is 36.5 Å². The largest absolute Gasteiger partial charge is 0.392 e. The predicted molar refractivity (Wildman–Crippen MR) is 292 cm³/mol. The quantitative estimate of drug-likeness (QED) is 0.137. The van der Waals surface area contributed by atoms with Crippen molar-refractivity contribution in [3.05, 3.63) is 111 Å². The first kappa shape index (κ1) is 50.6. The number of aliphatic hydroxyl groups excluding tert-OH is 1. The number of carbonyl (C=O) groups is 5. The van der Waals surface area contributed by atoms with Gasteiger partial charge in [-0.3, -0.25) is 48.8 Å². The molecule has 2 aliphatic carbocycles. The molecule has 4 aromatic heterocycles. The Morgan fingerprint density at radius 3 is 2.32 bits per heavy atom. The number of fused-ring (bicyclic) bond motifs is 4. The van der Waals surface area contributed by atoms with E-state index < -0.39 is 29.7 Å². The highest BCUT2D eigenvalue weighted by Crippen LogP contribution is 2.54. The van der Waals surface area contributed by atoms with Crippen LogP contribution in [-0.4, -0.2) is 120 Å². The van der Waals surface area contributed by atoms with E-state index in [9.17, 15) is 33.9 Å². The van der Waals surface area contributed by atoms with Crippen LogP contribution in [0.25, 0.3) is 11.1 Å². The fraction of sp³-hybridized carbons (Fsp3) is 0.492. The Hall–Kier alpha value is -7.18. The zero-order valence-corrected chi connectivity index (χ0v) is 45.2. The van der Waals surface area contributed by atoms with Gasteiger partial charge in [0.1, 0.15) is 29.1 Å². The van der Waals surface area contributed by atoms with Gasteiger partial charge >= 0.3 is 0 Å². The van der Waals surface area contributed by atoms with Crippen molar-refractivity contribution in [2.75, 3.05) is 52.7 Å². The molecular weight excluding hydrogens is 975 g/mol. The van der Waals surface area contributed by atoms with Gasteiger partial charge in [-0.25, -0.2) is 9.97 Å². The summed E-state index contributed by atoms with van der Waals surface area (Å²) in [6, 6.07) is 15.0. The van der Waals surface area contributed by atoms with Crippen LogP contribution in [0.5, 0.6) is 0 Å². The summed E-state index contributed by atoms with van der Waals surface area (Å²) in [7, 11) is 1.70. The molecule has 4 fully saturated rings. The number of hydrogen-bond acceptors (Lipinski definition) is 13. The van der Waals surface area contributed by atoms with Gasteiger partial charge in [0.05, 0.1) is 29.6 Å². The van der Waals surface area contributed by atoms with Gasteiger partial charge in [0.25, 0.3) is 23.3 Å². The molecular formula is C59H69N11O7. The first-order valence-corrected chi connectivity index (χ1v) is 27.4. The van der Waals surface area contributed by atoms with Gasteiger partial charge in [-0.2, -0.15) is 0 Å². The molecule has 0 radical (unpaired) electrons. The van der Waals surface area contributed by atoms with Crippen LogP contribution in [0.1, 0.15) is 128 Å². The van der Waals surface area contributed by atoms with Gasteiger partial charge in [0, 0.05) is 106 Å². The first-order valence-electron chi connectivity index (χ1n) is 27.4. The summed E-state index contributed by atoms with van der Waals surface area (Å²) in [5.74, 6) is -1.17. The van der Waals surface area contributed by atoms with Crippen LogP contribution in [0, 0.1) is 16.2 Å². The molecule has 18 nitrogen and oxygen atoms in total. The molecule has 9 heterocycles. The van der Waals surface area contributed by atoms with E-state index in [0.29, 0.717) is 70.0 Å². The Kier molecular flexibility index (Phi) is 12.2. The van der Waals surface area contributed by atoms with Crippen molar-refractivity contribution in [2.45, 2.75) is 130 Å².